The van der Waals surface area contributed by atoms with Crippen LogP contribution in [0.25, 0.3) is 0 Å². The first-order valence-electron chi connectivity index (χ1n) is 10.1. The number of nitrogens with zero attached hydrogens (tertiary/aromatic N) is 1. The Kier molecular flexibility index (Phi) is 5.33. The zero-order valence-corrected chi connectivity index (χ0v) is 16.2. The fourth-order valence-corrected chi connectivity index (χ4v) is 4.73. The number of fused-ring (bicyclic) bond motifs is 2. The minimum atomic E-state index is -0.0375. The number of likely N-dealkylation sites (N-methyl/N-ethyl adjacent to an activating group) is 1. The van der Waals surface area contributed by atoms with Crippen molar-refractivity contribution in [3.05, 3.63) is 65.7 Å². The van der Waals surface area contributed by atoms with E-state index in [4.69, 9.17) is 0 Å². The predicted octanol–water partition coefficient (Wildman–Crippen LogP) is 3.92. The molecule has 0 saturated carbocycles. The van der Waals surface area contributed by atoms with E-state index in [1.807, 2.05) is 24.3 Å². The second kappa shape index (κ2) is 8.05. The number of urea groups is 1. The molecule has 28 heavy (non-hydrogen) atoms. The van der Waals surface area contributed by atoms with Crippen molar-refractivity contribution in [1.29, 1.82) is 0 Å². The van der Waals surface area contributed by atoms with Crippen LogP contribution >= 0.6 is 0 Å². The van der Waals surface area contributed by atoms with Crippen molar-refractivity contribution in [1.82, 2.24) is 10.2 Å². The van der Waals surface area contributed by atoms with Crippen molar-refractivity contribution >= 4 is 17.6 Å². The summed E-state index contributed by atoms with van der Waals surface area (Å²) in [7, 11) is 1.63. The highest BCUT2D eigenvalue weighted by Gasteiger charge is 2.43. The fraction of sp³-hybridized carbons (Fsp3) is 0.391. The molecule has 2 heterocycles. The van der Waals surface area contributed by atoms with Gasteiger partial charge in [0.1, 0.15) is 0 Å². The number of nitrogens with one attached hydrogen (secondary N) is 2. The molecule has 2 aromatic rings. The lowest BCUT2D eigenvalue weighted by molar-refractivity contribution is -0.119. The Labute approximate surface area is 166 Å². The number of piperidine rings is 1. The lowest BCUT2D eigenvalue weighted by Gasteiger charge is -2.39. The van der Waals surface area contributed by atoms with Gasteiger partial charge in [-0.1, -0.05) is 42.5 Å². The number of anilines is 1. The highest BCUT2D eigenvalue weighted by atomic mass is 16.2. The molecule has 0 radical (unpaired) electrons. The smallest absolute Gasteiger partial charge is 0.322 e. The molecule has 2 aliphatic rings. The van der Waals surface area contributed by atoms with Crippen LogP contribution in [0.3, 0.4) is 0 Å². The van der Waals surface area contributed by atoms with Gasteiger partial charge in [0.05, 0.1) is 6.42 Å². The van der Waals surface area contributed by atoms with E-state index in [0.717, 1.165) is 36.9 Å². The van der Waals surface area contributed by atoms with Crippen LogP contribution in [0.15, 0.2) is 54.6 Å². The summed E-state index contributed by atoms with van der Waals surface area (Å²) in [6, 6.07) is 18.8. The predicted molar refractivity (Wildman–Crippen MR) is 110 cm³/mol. The van der Waals surface area contributed by atoms with Crippen molar-refractivity contribution in [2.45, 2.75) is 50.1 Å². The Morgan fingerprint density at radius 1 is 1.00 bits per heavy atom. The maximum absolute atomic E-state index is 13.0. The average molecular weight is 377 g/mol. The summed E-state index contributed by atoms with van der Waals surface area (Å²) < 4.78 is 0. The third-order valence-corrected chi connectivity index (χ3v) is 6.06. The number of carbonyl (C=O) groups is 2. The van der Waals surface area contributed by atoms with E-state index in [-0.39, 0.29) is 11.9 Å². The topological polar surface area (TPSA) is 61.4 Å². The monoisotopic (exact) mass is 377 g/mol. The first-order valence-corrected chi connectivity index (χ1v) is 10.1. The Hall–Kier alpha value is -2.82. The summed E-state index contributed by atoms with van der Waals surface area (Å²) in [5.41, 5.74) is 3.03. The van der Waals surface area contributed by atoms with Gasteiger partial charge in [-0.2, -0.15) is 0 Å². The molecule has 0 aromatic heterocycles. The molecule has 4 rings (SSSR count). The Morgan fingerprint density at radius 3 is 2.39 bits per heavy atom. The van der Waals surface area contributed by atoms with Crippen molar-refractivity contribution in [2.24, 2.45) is 0 Å². The molecule has 3 amide bonds. The van der Waals surface area contributed by atoms with Crippen molar-refractivity contribution < 1.29 is 9.59 Å². The lowest BCUT2D eigenvalue weighted by Crippen LogP contribution is -2.48. The summed E-state index contributed by atoms with van der Waals surface area (Å²) in [4.78, 5) is 26.7. The van der Waals surface area contributed by atoms with Crippen LogP contribution in [0.4, 0.5) is 10.5 Å². The van der Waals surface area contributed by atoms with Gasteiger partial charge in [0.15, 0.2) is 0 Å². The summed E-state index contributed by atoms with van der Waals surface area (Å²) in [6.07, 6.45) is 4.54. The minimum Gasteiger partial charge on any atom is -0.359 e. The Bertz CT molecular complexity index is 838. The molecule has 2 N–H and O–H groups in total. The number of carbonyl (C=O) groups excluding carboxylic acids is 2. The van der Waals surface area contributed by atoms with Crippen LogP contribution in [-0.2, 0) is 11.2 Å². The molecule has 3 atom stereocenters. The van der Waals surface area contributed by atoms with E-state index < -0.39 is 0 Å². The van der Waals surface area contributed by atoms with Gasteiger partial charge in [0, 0.05) is 24.8 Å². The Balaban J connectivity index is 1.42. The van der Waals surface area contributed by atoms with Crippen molar-refractivity contribution in [2.75, 3.05) is 12.4 Å². The normalized spacial score (nSPS) is 23.3. The molecule has 5 heteroatoms. The second-order valence-electron chi connectivity index (χ2n) is 7.85. The van der Waals surface area contributed by atoms with Gasteiger partial charge < -0.3 is 15.5 Å². The molecule has 0 aliphatic carbocycles. The molecule has 2 fully saturated rings. The number of rotatable bonds is 4. The van der Waals surface area contributed by atoms with Crippen LogP contribution in [0, 0.1) is 0 Å². The van der Waals surface area contributed by atoms with Gasteiger partial charge in [-0.15, -0.1) is 0 Å². The third kappa shape index (κ3) is 3.88. The molecule has 2 aliphatic heterocycles. The molecule has 146 valence electrons. The van der Waals surface area contributed by atoms with Crippen molar-refractivity contribution in [3.63, 3.8) is 0 Å². The van der Waals surface area contributed by atoms with Crippen LogP contribution < -0.4 is 10.6 Å². The molecule has 0 spiro atoms. The van der Waals surface area contributed by atoms with Gasteiger partial charge in [-0.25, -0.2) is 4.79 Å². The minimum absolute atomic E-state index is 0.0175. The van der Waals surface area contributed by atoms with E-state index in [9.17, 15) is 9.59 Å². The largest absolute Gasteiger partial charge is 0.359 e. The molecule has 2 saturated heterocycles. The van der Waals surface area contributed by atoms with E-state index >= 15 is 0 Å². The fourth-order valence-electron chi connectivity index (χ4n) is 4.73. The van der Waals surface area contributed by atoms with Gasteiger partial charge in [0.25, 0.3) is 0 Å². The lowest BCUT2D eigenvalue weighted by atomic mass is 9.85. The van der Waals surface area contributed by atoms with Gasteiger partial charge in [0.2, 0.25) is 5.91 Å². The summed E-state index contributed by atoms with van der Waals surface area (Å²) >= 11 is 0. The molecule has 5 nitrogen and oxygen atoms in total. The van der Waals surface area contributed by atoms with Crippen LogP contribution in [0.2, 0.25) is 0 Å². The number of amides is 3. The highest BCUT2D eigenvalue weighted by Crippen LogP contribution is 2.43. The SMILES string of the molecule is CNC(=O)Cc1cccc(NC(=O)N2[C@@H]3CC[C@H]2CC(c2ccccc2)C3)c1. The average Bonchev–Trinajstić information content (AvgIpc) is 2.98. The van der Waals surface area contributed by atoms with Gasteiger partial charge in [-0.3, -0.25) is 4.79 Å². The molecular formula is C23H27N3O2. The first-order chi connectivity index (χ1) is 13.6. The first kappa shape index (κ1) is 18.5. The van der Waals surface area contributed by atoms with Crippen LogP contribution in [0.1, 0.15) is 42.7 Å². The van der Waals surface area contributed by atoms with E-state index in [2.05, 4.69) is 45.9 Å². The van der Waals surface area contributed by atoms with E-state index in [1.165, 1.54) is 5.56 Å². The highest BCUT2D eigenvalue weighted by molar-refractivity contribution is 5.90. The van der Waals surface area contributed by atoms with Gasteiger partial charge >= 0.3 is 6.03 Å². The maximum atomic E-state index is 13.0. The zero-order valence-electron chi connectivity index (χ0n) is 16.2. The second-order valence-corrected chi connectivity index (χ2v) is 7.85. The quantitative estimate of drug-likeness (QED) is 0.848. The number of benzene rings is 2. The van der Waals surface area contributed by atoms with Crippen molar-refractivity contribution in [3.8, 4) is 0 Å². The van der Waals surface area contributed by atoms with E-state index in [0.29, 0.717) is 24.4 Å². The number of hydrogen-bond acceptors (Lipinski definition) is 2. The third-order valence-electron chi connectivity index (χ3n) is 6.06. The summed E-state index contributed by atoms with van der Waals surface area (Å²) in [5, 5.41) is 5.68. The molecule has 2 bridgehead atoms. The summed E-state index contributed by atoms with van der Waals surface area (Å²) in [6.45, 7) is 0. The standard InChI is InChI=1S/C23H27N3O2/c1-24-22(27)13-16-6-5-9-19(12-16)25-23(28)26-20-10-11-21(26)15-18(14-20)17-7-3-2-4-8-17/h2-9,12,18,20-21H,10-11,13-15H2,1H3,(H,24,27)(H,25,28)/t18?,20-,21+. The maximum Gasteiger partial charge on any atom is 0.322 e. The van der Waals surface area contributed by atoms with Crippen LogP contribution in [0.5, 0.6) is 0 Å². The number of hydrogen-bond donors (Lipinski definition) is 2. The zero-order chi connectivity index (χ0) is 19.5. The van der Waals surface area contributed by atoms with E-state index in [1.54, 1.807) is 7.05 Å². The Morgan fingerprint density at radius 2 is 1.71 bits per heavy atom. The van der Waals surface area contributed by atoms with Gasteiger partial charge in [-0.05, 0) is 54.9 Å². The molecule has 1 unspecified atom stereocenters. The van der Waals surface area contributed by atoms with Crippen LogP contribution in [-0.4, -0.2) is 36.0 Å². The summed E-state index contributed by atoms with van der Waals surface area (Å²) in [5.74, 6) is 0.503. The molecule has 2 aromatic carbocycles. The molecular weight excluding hydrogens is 350 g/mol.